The van der Waals surface area contributed by atoms with Gasteiger partial charge in [0.2, 0.25) is 5.43 Å². The Hall–Kier alpha value is -3.21. The number of aromatic hydroxyl groups is 3. The van der Waals surface area contributed by atoms with E-state index in [1.165, 1.54) is 18.2 Å². The van der Waals surface area contributed by atoms with Crippen LogP contribution in [0.5, 0.6) is 17.2 Å². The molecule has 5 heteroatoms. The zero-order valence-corrected chi connectivity index (χ0v) is 16.5. The number of phenols is 3. The number of rotatable bonds is 4. The second kappa shape index (κ2) is 7.43. The number of fused-ring (bicyclic) bond motifs is 2. The quantitative estimate of drug-likeness (QED) is 0.434. The summed E-state index contributed by atoms with van der Waals surface area (Å²) in [5.41, 5.74) is 2.83. The number of hydrogen-bond acceptors (Lipinski definition) is 5. The second-order valence-electron chi connectivity index (χ2n) is 7.44. The molecule has 146 valence electrons. The Kier molecular flexibility index (Phi) is 5.18. The topological polar surface area (TPSA) is 90.9 Å². The van der Waals surface area contributed by atoms with Crippen molar-refractivity contribution in [2.24, 2.45) is 0 Å². The van der Waals surface area contributed by atoms with Crippen LogP contribution >= 0.6 is 0 Å². The van der Waals surface area contributed by atoms with E-state index in [0.717, 1.165) is 11.1 Å². The molecule has 0 atom stereocenters. The lowest BCUT2D eigenvalue weighted by Crippen LogP contribution is -2.06. The van der Waals surface area contributed by atoms with Crippen molar-refractivity contribution >= 4 is 21.9 Å². The van der Waals surface area contributed by atoms with E-state index >= 15 is 0 Å². The molecule has 0 radical (unpaired) electrons. The molecule has 28 heavy (non-hydrogen) atoms. The van der Waals surface area contributed by atoms with Crippen molar-refractivity contribution in [2.75, 3.05) is 0 Å². The van der Waals surface area contributed by atoms with Crippen LogP contribution in [0.25, 0.3) is 21.9 Å². The van der Waals surface area contributed by atoms with Crippen LogP contribution in [0.2, 0.25) is 0 Å². The summed E-state index contributed by atoms with van der Waals surface area (Å²) in [5.74, 6) is -0.418. The fourth-order valence-corrected chi connectivity index (χ4v) is 3.16. The minimum absolute atomic E-state index is 0.0187. The van der Waals surface area contributed by atoms with E-state index in [1.54, 1.807) is 0 Å². The maximum atomic E-state index is 13.1. The van der Waals surface area contributed by atoms with Crippen LogP contribution in [-0.2, 0) is 12.8 Å². The summed E-state index contributed by atoms with van der Waals surface area (Å²) >= 11 is 0. The molecule has 1 aromatic heterocycles. The summed E-state index contributed by atoms with van der Waals surface area (Å²) in [6.45, 7) is 7.73. The van der Waals surface area contributed by atoms with E-state index in [9.17, 15) is 20.1 Å². The van der Waals surface area contributed by atoms with Crippen LogP contribution in [0.1, 0.15) is 38.8 Å². The van der Waals surface area contributed by atoms with Crippen molar-refractivity contribution in [2.45, 2.75) is 40.5 Å². The van der Waals surface area contributed by atoms with Crippen LogP contribution in [0, 0.1) is 0 Å². The lowest BCUT2D eigenvalue weighted by atomic mass is 9.96. The molecule has 0 unspecified atom stereocenters. The number of allylic oxidation sites excluding steroid dienone is 4. The molecule has 0 aliphatic carbocycles. The van der Waals surface area contributed by atoms with Crippen molar-refractivity contribution in [3.05, 3.63) is 62.8 Å². The maximum absolute atomic E-state index is 13.1. The Morgan fingerprint density at radius 3 is 2.14 bits per heavy atom. The highest BCUT2D eigenvalue weighted by molar-refractivity contribution is 5.97. The lowest BCUT2D eigenvalue weighted by molar-refractivity contribution is 0.439. The molecule has 0 saturated carbocycles. The molecule has 0 aliphatic heterocycles. The summed E-state index contributed by atoms with van der Waals surface area (Å²) in [6.07, 6.45) is 4.45. The van der Waals surface area contributed by atoms with Gasteiger partial charge in [0.1, 0.15) is 33.8 Å². The molecule has 1 heterocycles. The molecule has 2 aromatic carbocycles. The van der Waals surface area contributed by atoms with Crippen LogP contribution in [0.4, 0.5) is 0 Å². The van der Waals surface area contributed by atoms with Crippen LogP contribution in [0.3, 0.4) is 0 Å². The number of hydrogen-bond donors (Lipinski definition) is 3. The number of benzene rings is 2. The largest absolute Gasteiger partial charge is 0.508 e. The highest BCUT2D eigenvalue weighted by atomic mass is 16.3. The summed E-state index contributed by atoms with van der Waals surface area (Å²) < 4.78 is 5.91. The molecule has 0 amide bonds. The monoisotopic (exact) mass is 380 g/mol. The summed E-state index contributed by atoms with van der Waals surface area (Å²) in [4.78, 5) is 13.1. The fraction of sp³-hybridized carbons (Fsp3) is 0.261. The van der Waals surface area contributed by atoms with Gasteiger partial charge in [0.05, 0.1) is 5.39 Å². The van der Waals surface area contributed by atoms with E-state index in [2.05, 4.69) is 0 Å². The van der Waals surface area contributed by atoms with Crippen molar-refractivity contribution in [1.82, 2.24) is 0 Å². The Morgan fingerprint density at radius 1 is 0.929 bits per heavy atom. The molecule has 5 nitrogen and oxygen atoms in total. The van der Waals surface area contributed by atoms with Crippen molar-refractivity contribution < 1.29 is 19.7 Å². The predicted octanol–water partition coefficient (Wildman–Crippen LogP) is 5.08. The molecule has 0 spiro atoms. The molecule has 0 fully saturated rings. The highest BCUT2D eigenvalue weighted by Gasteiger charge is 2.23. The molecule has 0 saturated heterocycles. The minimum Gasteiger partial charge on any atom is -0.508 e. The Labute approximate surface area is 162 Å². The number of phenolic OH excluding ortho intramolecular Hbond substituents is 3. The van der Waals surface area contributed by atoms with Gasteiger partial charge in [0.25, 0.3) is 0 Å². The van der Waals surface area contributed by atoms with Gasteiger partial charge in [0, 0.05) is 11.1 Å². The van der Waals surface area contributed by atoms with Gasteiger partial charge in [-0.2, -0.15) is 0 Å². The fourth-order valence-electron chi connectivity index (χ4n) is 3.16. The standard InChI is InChI=1S/C23H24O5/c1-12(2)5-8-15-20(25)16(9-6-13(3)4)23-19(21(15)26)22(27)17-11-14(24)7-10-18(17)28-23/h5-7,10-11,24-26H,8-9H2,1-4H3. The summed E-state index contributed by atoms with van der Waals surface area (Å²) in [5, 5.41) is 31.6. The Morgan fingerprint density at radius 2 is 1.54 bits per heavy atom. The second-order valence-corrected chi connectivity index (χ2v) is 7.44. The van der Waals surface area contributed by atoms with Crippen LogP contribution in [0.15, 0.2) is 50.7 Å². The van der Waals surface area contributed by atoms with Crippen molar-refractivity contribution in [3.8, 4) is 17.2 Å². The Balaban J connectivity index is 2.47. The summed E-state index contributed by atoms with van der Waals surface area (Å²) in [7, 11) is 0. The zero-order valence-electron chi connectivity index (χ0n) is 16.5. The van der Waals surface area contributed by atoms with E-state index in [0.29, 0.717) is 12.0 Å². The summed E-state index contributed by atoms with van der Waals surface area (Å²) in [6, 6.07) is 4.25. The van der Waals surface area contributed by atoms with Crippen LogP contribution < -0.4 is 5.43 Å². The normalized spacial score (nSPS) is 11.0. The van der Waals surface area contributed by atoms with E-state index in [1.807, 2.05) is 39.8 Å². The van der Waals surface area contributed by atoms with Gasteiger partial charge in [0.15, 0.2) is 0 Å². The molecular formula is C23H24O5. The molecule has 3 N–H and O–H groups in total. The van der Waals surface area contributed by atoms with Gasteiger partial charge in [-0.05, 0) is 58.7 Å². The van der Waals surface area contributed by atoms with E-state index in [-0.39, 0.29) is 51.2 Å². The highest BCUT2D eigenvalue weighted by Crippen LogP contribution is 2.40. The SMILES string of the molecule is CC(C)=CCc1c(O)c(CC=C(C)C)c2oc3ccc(O)cc3c(=O)c2c1O. The maximum Gasteiger partial charge on any atom is 0.204 e. The Bertz CT molecular complexity index is 1190. The lowest BCUT2D eigenvalue weighted by Gasteiger charge is -2.14. The molecule has 3 aromatic rings. The first-order chi connectivity index (χ1) is 13.2. The van der Waals surface area contributed by atoms with E-state index in [4.69, 9.17) is 4.42 Å². The molecule has 0 bridgehead atoms. The van der Waals surface area contributed by atoms with Crippen LogP contribution in [-0.4, -0.2) is 15.3 Å². The first-order valence-corrected chi connectivity index (χ1v) is 9.12. The third-order valence-corrected chi connectivity index (χ3v) is 4.67. The minimum atomic E-state index is -0.443. The average molecular weight is 380 g/mol. The van der Waals surface area contributed by atoms with Gasteiger partial charge in [-0.3, -0.25) is 4.79 Å². The van der Waals surface area contributed by atoms with Gasteiger partial charge < -0.3 is 19.7 Å². The molecule has 3 rings (SSSR count). The van der Waals surface area contributed by atoms with Gasteiger partial charge >= 0.3 is 0 Å². The van der Waals surface area contributed by atoms with Gasteiger partial charge in [-0.25, -0.2) is 0 Å². The third-order valence-electron chi connectivity index (χ3n) is 4.67. The first-order valence-electron chi connectivity index (χ1n) is 9.12. The zero-order chi connectivity index (χ0) is 20.6. The third kappa shape index (κ3) is 3.48. The van der Waals surface area contributed by atoms with Gasteiger partial charge in [-0.15, -0.1) is 0 Å². The smallest absolute Gasteiger partial charge is 0.204 e. The average Bonchev–Trinajstić information content (AvgIpc) is 2.61. The van der Waals surface area contributed by atoms with E-state index < -0.39 is 5.43 Å². The molecular weight excluding hydrogens is 356 g/mol. The predicted molar refractivity (Wildman–Crippen MR) is 111 cm³/mol. The first kappa shape index (κ1) is 19.5. The molecule has 0 aliphatic rings. The van der Waals surface area contributed by atoms with Crippen molar-refractivity contribution in [3.63, 3.8) is 0 Å². The van der Waals surface area contributed by atoms with Crippen molar-refractivity contribution in [1.29, 1.82) is 0 Å². The van der Waals surface area contributed by atoms with Gasteiger partial charge in [-0.1, -0.05) is 23.3 Å².